The highest BCUT2D eigenvalue weighted by Gasteiger charge is 2.28. The van der Waals surface area contributed by atoms with Gasteiger partial charge in [-0.25, -0.2) is 19.6 Å². The molecule has 1 amide bonds. The Balaban J connectivity index is 0.000000552. The molecule has 152 valence electrons. The van der Waals surface area contributed by atoms with Gasteiger partial charge in [0.05, 0.1) is 18.0 Å². The molecule has 11 nitrogen and oxygen atoms in total. The number of nitrogens with two attached hydrogens (primary N) is 1. The van der Waals surface area contributed by atoms with Crippen LogP contribution in [0.2, 0.25) is 5.02 Å². The number of pyridine rings is 1. The third-order valence-corrected chi connectivity index (χ3v) is 4.41. The number of rotatable bonds is 4. The van der Waals surface area contributed by atoms with E-state index in [0.29, 0.717) is 29.0 Å². The molecule has 1 unspecified atom stereocenters. The Morgan fingerprint density at radius 2 is 2.14 bits per heavy atom. The third-order valence-electron chi connectivity index (χ3n) is 4.12. The molecule has 3 aromatic rings. The van der Waals surface area contributed by atoms with Gasteiger partial charge in [0.1, 0.15) is 18.0 Å². The van der Waals surface area contributed by atoms with Gasteiger partial charge in [0.25, 0.3) is 5.97 Å². The number of carboxylic acids is 1. The van der Waals surface area contributed by atoms with Gasteiger partial charge in [-0.3, -0.25) is 9.59 Å². The summed E-state index contributed by atoms with van der Waals surface area (Å²) in [5.74, 6) is 1.22. The normalized spacial score (nSPS) is 15.2. The van der Waals surface area contributed by atoms with Crippen LogP contribution in [0.3, 0.4) is 0 Å². The van der Waals surface area contributed by atoms with Gasteiger partial charge in [-0.05, 0) is 18.6 Å². The molecule has 4 heterocycles. The highest BCUT2D eigenvalue weighted by molar-refractivity contribution is 6.32. The Morgan fingerprint density at radius 3 is 2.83 bits per heavy atom. The number of amides is 1. The molecule has 0 spiro atoms. The van der Waals surface area contributed by atoms with Gasteiger partial charge in [0.2, 0.25) is 5.91 Å². The van der Waals surface area contributed by atoms with E-state index in [1.165, 1.54) is 0 Å². The number of carbonyl (C=O) groups is 2. The fourth-order valence-corrected chi connectivity index (χ4v) is 3.20. The Kier molecular flexibility index (Phi) is 6.17. The molecule has 0 saturated heterocycles. The Labute approximate surface area is 170 Å². The van der Waals surface area contributed by atoms with Gasteiger partial charge in [0.15, 0.2) is 11.6 Å². The highest BCUT2D eigenvalue weighted by Crippen LogP contribution is 2.29. The predicted molar refractivity (Wildman–Crippen MR) is 101 cm³/mol. The molecule has 12 heteroatoms. The number of carboxylic acid groups (broad SMARTS) is 1. The van der Waals surface area contributed by atoms with Crippen LogP contribution < -0.4 is 5.73 Å². The molecule has 0 aliphatic carbocycles. The van der Waals surface area contributed by atoms with Gasteiger partial charge >= 0.3 is 0 Å². The van der Waals surface area contributed by atoms with Gasteiger partial charge in [-0.1, -0.05) is 11.6 Å². The van der Waals surface area contributed by atoms with Crippen molar-refractivity contribution >= 4 is 23.5 Å². The maximum absolute atomic E-state index is 11.3. The fraction of sp³-hybridized carbons (Fsp3) is 0.353. The molecular formula is C17H19ClN8O3. The lowest BCUT2D eigenvalue weighted by Gasteiger charge is -2.22. The topological polar surface area (TPSA) is 155 Å². The molecular weight excluding hydrogens is 400 g/mol. The number of nitrogens with zero attached hydrogens (tertiary/aromatic N) is 7. The van der Waals surface area contributed by atoms with Gasteiger partial charge in [0, 0.05) is 25.5 Å². The summed E-state index contributed by atoms with van der Waals surface area (Å²) in [6, 6.07) is 3.48. The first-order valence-electron chi connectivity index (χ1n) is 8.76. The highest BCUT2D eigenvalue weighted by atomic mass is 35.5. The number of hydrogen-bond acceptors (Lipinski definition) is 7. The van der Waals surface area contributed by atoms with Crippen LogP contribution in [0.5, 0.6) is 0 Å². The van der Waals surface area contributed by atoms with E-state index in [1.54, 1.807) is 29.3 Å². The molecule has 0 radical (unpaired) electrons. The van der Waals surface area contributed by atoms with Gasteiger partial charge in [-0.15, -0.1) is 5.10 Å². The Hall–Kier alpha value is -3.34. The lowest BCUT2D eigenvalue weighted by Crippen LogP contribution is -2.23. The number of fused-ring (bicyclic) bond motifs is 1. The summed E-state index contributed by atoms with van der Waals surface area (Å²) in [7, 11) is 0. The number of aliphatic carboxylic acids is 1. The van der Waals surface area contributed by atoms with Gasteiger partial charge < -0.3 is 10.8 Å². The number of hydrogen-bond donors (Lipinski definition) is 2. The van der Waals surface area contributed by atoms with Crippen molar-refractivity contribution in [3.8, 4) is 5.82 Å². The van der Waals surface area contributed by atoms with Crippen molar-refractivity contribution in [2.75, 3.05) is 0 Å². The lowest BCUT2D eigenvalue weighted by atomic mass is 9.99. The van der Waals surface area contributed by atoms with Crippen LogP contribution in [0.1, 0.15) is 36.7 Å². The van der Waals surface area contributed by atoms with Crippen LogP contribution in [-0.2, 0) is 29.0 Å². The Bertz CT molecular complexity index is 1030. The van der Waals surface area contributed by atoms with Crippen molar-refractivity contribution < 1.29 is 14.7 Å². The first-order valence-corrected chi connectivity index (χ1v) is 9.14. The predicted octanol–water partition coefficient (Wildman–Crippen LogP) is 0.756. The van der Waals surface area contributed by atoms with E-state index in [2.05, 4.69) is 25.1 Å². The van der Waals surface area contributed by atoms with Crippen molar-refractivity contribution in [3.05, 3.63) is 47.2 Å². The van der Waals surface area contributed by atoms with Crippen molar-refractivity contribution in [2.24, 2.45) is 5.73 Å². The molecule has 0 saturated carbocycles. The maximum atomic E-state index is 11.3. The second kappa shape index (κ2) is 8.78. The van der Waals surface area contributed by atoms with Crippen LogP contribution in [0, 0.1) is 0 Å². The molecule has 1 aliphatic rings. The molecule has 1 atom stereocenters. The second-order valence-electron chi connectivity index (χ2n) is 6.36. The second-order valence-corrected chi connectivity index (χ2v) is 6.77. The number of halogens is 1. The fourth-order valence-electron chi connectivity index (χ4n) is 3.00. The smallest absolute Gasteiger partial charge is 0.300 e. The van der Waals surface area contributed by atoms with E-state index in [1.807, 2.05) is 4.68 Å². The Morgan fingerprint density at radius 1 is 1.38 bits per heavy atom. The molecule has 0 bridgehead atoms. The summed E-state index contributed by atoms with van der Waals surface area (Å²) < 4.78 is 3.47. The molecule has 4 rings (SSSR count). The van der Waals surface area contributed by atoms with Crippen molar-refractivity contribution in [1.82, 2.24) is 34.5 Å². The van der Waals surface area contributed by atoms with Crippen LogP contribution >= 0.6 is 11.6 Å². The zero-order chi connectivity index (χ0) is 21.0. The number of aromatic nitrogens is 7. The third kappa shape index (κ3) is 4.93. The molecule has 0 aromatic carbocycles. The summed E-state index contributed by atoms with van der Waals surface area (Å²) in [6.07, 6.45) is 4.79. The van der Waals surface area contributed by atoms with Crippen molar-refractivity contribution in [3.63, 3.8) is 0 Å². The van der Waals surface area contributed by atoms with Crippen molar-refractivity contribution in [1.29, 1.82) is 0 Å². The number of aryl methyl sites for hydroxylation is 1. The maximum Gasteiger partial charge on any atom is 0.300 e. The summed E-state index contributed by atoms with van der Waals surface area (Å²) in [4.78, 5) is 33.4. The number of carbonyl (C=O) groups excluding carboxylic acids is 1. The summed E-state index contributed by atoms with van der Waals surface area (Å²) in [6.45, 7) is 1.72. The standard InChI is InChI=1S/C15H15ClN8O.C2H4O2/c16-10-2-1-5-18-15(10)24-14(21-12(22-24)6-11(17)25)9-3-4-13-19-8-20-23(13)7-9;1-2(3)4/h1-2,5,8-9H,3-4,6-7H2,(H2,17,25);1H3,(H,3,4). The molecule has 1 aliphatic heterocycles. The summed E-state index contributed by atoms with van der Waals surface area (Å²) in [5.41, 5.74) is 5.29. The van der Waals surface area contributed by atoms with Crippen LogP contribution in [0.4, 0.5) is 0 Å². The molecule has 29 heavy (non-hydrogen) atoms. The minimum absolute atomic E-state index is 0.0360. The summed E-state index contributed by atoms with van der Waals surface area (Å²) >= 11 is 6.28. The zero-order valence-electron chi connectivity index (χ0n) is 15.6. The first kappa shape index (κ1) is 20.4. The number of primary amides is 1. The van der Waals surface area contributed by atoms with Crippen LogP contribution in [0.15, 0.2) is 24.7 Å². The average molecular weight is 419 g/mol. The lowest BCUT2D eigenvalue weighted by molar-refractivity contribution is -0.134. The minimum Gasteiger partial charge on any atom is -0.481 e. The van der Waals surface area contributed by atoms with E-state index in [-0.39, 0.29) is 12.3 Å². The van der Waals surface area contributed by atoms with Crippen molar-refractivity contribution in [2.45, 2.75) is 38.6 Å². The zero-order valence-corrected chi connectivity index (χ0v) is 16.3. The molecule has 3 aromatic heterocycles. The van der Waals surface area contributed by atoms with E-state index < -0.39 is 11.9 Å². The summed E-state index contributed by atoms with van der Waals surface area (Å²) in [5, 5.41) is 16.5. The average Bonchev–Trinajstić information content (AvgIpc) is 3.27. The SMILES string of the molecule is CC(=O)O.NC(=O)Cc1nc(C2CCc3ncnn3C2)n(-c2ncccc2Cl)n1. The van der Waals surface area contributed by atoms with E-state index in [0.717, 1.165) is 25.6 Å². The van der Waals surface area contributed by atoms with E-state index >= 15 is 0 Å². The quantitative estimate of drug-likeness (QED) is 0.628. The van der Waals surface area contributed by atoms with Crippen LogP contribution in [-0.4, -0.2) is 51.5 Å². The van der Waals surface area contributed by atoms with E-state index in [4.69, 9.17) is 27.2 Å². The van der Waals surface area contributed by atoms with Gasteiger partial charge in [-0.2, -0.15) is 9.78 Å². The monoisotopic (exact) mass is 418 g/mol. The molecule has 3 N–H and O–H groups in total. The largest absolute Gasteiger partial charge is 0.481 e. The minimum atomic E-state index is -0.833. The molecule has 0 fully saturated rings. The first-order chi connectivity index (χ1) is 13.8. The van der Waals surface area contributed by atoms with Crippen LogP contribution in [0.25, 0.3) is 5.82 Å². The van der Waals surface area contributed by atoms with E-state index in [9.17, 15) is 4.79 Å².